The Morgan fingerprint density at radius 2 is 0.750 bits per heavy atom. The van der Waals surface area contributed by atoms with Crippen molar-refractivity contribution < 1.29 is 52.7 Å². The van der Waals surface area contributed by atoms with Crippen LogP contribution in [0.5, 0.6) is 0 Å². The monoisotopic (exact) mass is 430 g/mol. The number of rotatable bonds is 0. The van der Waals surface area contributed by atoms with E-state index in [1.165, 1.54) is 0 Å². The molecular formula is C16H10F12. The van der Waals surface area contributed by atoms with Gasteiger partial charge in [-0.15, -0.1) is 0 Å². The summed E-state index contributed by atoms with van der Waals surface area (Å²) in [6.45, 7) is 0.666. The molecule has 4 bridgehead atoms. The molecule has 0 aromatic carbocycles. The molecule has 6 unspecified atom stereocenters. The van der Waals surface area contributed by atoms with E-state index in [1.54, 1.807) is 0 Å². The van der Waals surface area contributed by atoms with Gasteiger partial charge in [-0.1, -0.05) is 0 Å². The normalized spacial score (nSPS) is 54.1. The van der Waals surface area contributed by atoms with Crippen LogP contribution in [0.15, 0.2) is 23.3 Å². The Balaban J connectivity index is 2.22. The molecule has 2 saturated carbocycles. The molecule has 0 spiro atoms. The second kappa shape index (κ2) is 4.23. The molecule has 0 saturated heterocycles. The highest BCUT2D eigenvalue weighted by Gasteiger charge is 3.01. The fraction of sp³-hybridized carbons (Fsp3) is 0.750. The first-order chi connectivity index (χ1) is 12.3. The molecule has 2 fully saturated rings. The minimum atomic E-state index is -6.12. The van der Waals surface area contributed by atoms with E-state index in [4.69, 9.17) is 0 Å². The Morgan fingerprint density at radius 1 is 0.500 bits per heavy atom. The lowest BCUT2D eigenvalue weighted by Crippen LogP contribution is -2.91. The first-order valence-corrected chi connectivity index (χ1v) is 7.92. The van der Waals surface area contributed by atoms with Crippen molar-refractivity contribution in [1.82, 2.24) is 0 Å². The summed E-state index contributed by atoms with van der Waals surface area (Å²) in [5, 5.41) is 0. The Kier molecular flexibility index (Phi) is 3.01. The summed E-state index contributed by atoms with van der Waals surface area (Å²) in [6.07, 6.45) is -1.18. The van der Waals surface area contributed by atoms with Gasteiger partial charge >= 0.3 is 23.7 Å². The molecule has 0 heterocycles. The zero-order valence-corrected chi connectivity index (χ0v) is 13.8. The molecule has 0 amide bonds. The number of hydrogen-bond acceptors (Lipinski definition) is 0. The van der Waals surface area contributed by atoms with E-state index in [1.807, 2.05) is 0 Å². The van der Waals surface area contributed by atoms with Crippen molar-refractivity contribution in [2.45, 2.75) is 60.2 Å². The van der Waals surface area contributed by atoms with Crippen molar-refractivity contribution in [1.29, 1.82) is 0 Å². The minimum absolute atomic E-state index is 0.333. The van der Waals surface area contributed by atoms with Crippen LogP contribution < -0.4 is 0 Å². The van der Waals surface area contributed by atoms with Crippen molar-refractivity contribution in [3.63, 3.8) is 0 Å². The average molecular weight is 430 g/mol. The van der Waals surface area contributed by atoms with Gasteiger partial charge in [0.1, 0.15) is 0 Å². The van der Waals surface area contributed by atoms with Gasteiger partial charge in [0.15, 0.2) is 0 Å². The minimum Gasteiger partial charge on any atom is -0.232 e. The van der Waals surface area contributed by atoms with E-state index in [0.29, 0.717) is 13.8 Å². The van der Waals surface area contributed by atoms with Crippen molar-refractivity contribution in [3.05, 3.63) is 23.3 Å². The number of hydrogen-bond donors (Lipinski definition) is 0. The molecule has 6 aliphatic carbocycles. The van der Waals surface area contributed by atoms with E-state index < -0.39 is 81.5 Å². The maximum absolute atomic E-state index is 15.6. The van der Waals surface area contributed by atoms with Crippen LogP contribution in [0.2, 0.25) is 0 Å². The van der Waals surface area contributed by atoms with Crippen LogP contribution in [-0.4, -0.2) is 46.4 Å². The lowest BCUT2D eigenvalue weighted by molar-refractivity contribution is -0.440. The third kappa shape index (κ3) is 1.28. The van der Waals surface area contributed by atoms with Gasteiger partial charge < -0.3 is 0 Å². The number of alkyl halides is 12. The summed E-state index contributed by atoms with van der Waals surface area (Å²) in [6, 6.07) is 0. The van der Waals surface area contributed by atoms with Crippen LogP contribution in [0.25, 0.3) is 0 Å². The van der Waals surface area contributed by atoms with Crippen molar-refractivity contribution in [2.24, 2.45) is 11.8 Å². The van der Waals surface area contributed by atoms with E-state index >= 15 is 17.6 Å². The summed E-state index contributed by atoms with van der Waals surface area (Å²) in [7, 11) is 0. The maximum Gasteiger partial charge on any atom is 0.351 e. The molecule has 0 aromatic rings. The fourth-order valence-electron chi connectivity index (χ4n) is 5.39. The SMILES string of the molecule is CC1=C(C)C2(F)C3C(C4(F)C=CC3(F)C(F)(F)C4(F)F)C1(F)C(F)(F)C2(F)F. The van der Waals surface area contributed by atoms with Gasteiger partial charge in [0.2, 0.25) is 22.7 Å². The lowest BCUT2D eigenvalue weighted by atomic mass is 9.39. The van der Waals surface area contributed by atoms with Crippen molar-refractivity contribution >= 4 is 0 Å². The highest BCUT2D eigenvalue weighted by atomic mass is 19.3. The molecule has 12 heteroatoms. The highest BCUT2D eigenvalue weighted by molar-refractivity contribution is 5.56. The van der Waals surface area contributed by atoms with Crippen LogP contribution in [0.1, 0.15) is 13.8 Å². The number of fused-ring (bicyclic) bond motifs is 2. The Hall–Kier alpha value is -1.36. The van der Waals surface area contributed by atoms with Gasteiger partial charge in [0, 0.05) is 0 Å². The summed E-state index contributed by atoms with van der Waals surface area (Å²) in [4.78, 5) is 0. The Labute approximate surface area is 149 Å². The first kappa shape index (κ1) is 19.9. The van der Waals surface area contributed by atoms with Crippen molar-refractivity contribution in [2.75, 3.05) is 0 Å². The average Bonchev–Trinajstić information content (AvgIpc) is 2.56. The standard InChI is InChI=1S/C16H10F12/c1-5-6(2)12(20)8-7(11(5,19)15(25,26)16(12,27)28)9(17)3-4-10(8,18)14(23,24)13(9,21)22/h3-4,7-8H,1-2H3. The third-order valence-corrected chi connectivity index (χ3v) is 6.98. The van der Waals surface area contributed by atoms with E-state index in [0.717, 1.165) is 0 Å². The van der Waals surface area contributed by atoms with Gasteiger partial charge in [-0.05, 0) is 37.1 Å². The lowest BCUT2D eigenvalue weighted by Gasteiger charge is -2.70. The van der Waals surface area contributed by atoms with E-state index in [-0.39, 0.29) is 0 Å². The Morgan fingerprint density at radius 3 is 1.00 bits per heavy atom. The number of allylic oxidation sites excluding steroid dienone is 4. The molecule has 6 atom stereocenters. The number of halogens is 12. The van der Waals surface area contributed by atoms with Crippen molar-refractivity contribution in [3.8, 4) is 0 Å². The first-order valence-electron chi connectivity index (χ1n) is 7.92. The second-order valence-corrected chi connectivity index (χ2v) is 7.80. The van der Waals surface area contributed by atoms with Crippen LogP contribution in [0, 0.1) is 11.8 Å². The molecular weight excluding hydrogens is 420 g/mol. The second-order valence-electron chi connectivity index (χ2n) is 7.80. The molecule has 0 aromatic heterocycles. The summed E-state index contributed by atoms with van der Waals surface area (Å²) < 4.78 is 176. The van der Waals surface area contributed by atoms with Crippen LogP contribution in [0.3, 0.4) is 0 Å². The smallest absolute Gasteiger partial charge is 0.232 e. The van der Waals surface area contributed by atoms with Crippen LogP contribution in [0.4, 0.5) is 52.7 Å². The summed E-state index contributed by atoms with van der Waals surface area (Å²) >= 11 is 0. The van der Waals surface area contributed by atoms with Gasteiger partial charge in [0.05, 0.1) is 11.8 Å². The van der Waals surface area contributed by atoms with Gasteiger partial charge in [-0.25, -0.2) is 17.6 Å². The quantitative estimate of drug-likeness (QED) is 0.350. The van der Waals surface area contributed by atoms with Gasteiger partial charge in [-0.2, -0.15) is 35.1 Å². The maximum atomic E-state index is 15.6. The predicted octanol–water partition coefficient (Wildman–Crippen LogP) is 5.54. The van der Waals surface area contributed by atoms with E-state index in [2.05, 4.69) is 0 Å². The highest BCUT2D eigenvalue weighted by Crippen LogP contribution is 2.81. The molecule has 0 radical (unpaired) electrons. The van der Waals surface area contributed by atoms with E-state index in [9.17, 15) is 35.1 Å². The Bertz CT molecular complexity index is 790. The van der Waals surface area contributed by atoms with Gasteiger partial charge in [-0.3, -0.25) is 0 Å². The summed E-state index contributed by atoms with van der Waals surface area (Å²) in [5.74, 6) is -32.2. The van der Waals surface area contributed by atoms with Gasteiger partial charge in [0.25, 0.3) is 0 Å². The molecule has 158 valence electrons. The molecule has 0 nitrogen and oxygen atoms in total. The molecule has 6 aliphatic rings. The summed E-state index contributed by atoms with van der Waals surface area (Å²) in [5.41, 5.74) is -23.3. The molecule has 28 heavy (non-hydrogen) atoms. The fourth-order valence-corrected chi connectivity index (χ4v) is 5.39. The largest absolute Gasteiger partial charge is 0.351 e. The molecule has 6 rings (SSSR count). The molecule has 0 aliphatic heterocycles. The third-order valence-electron chi connectivity index (χ3n) is 6.98. The topological polar surface area (TPSA) is 0 Å². The zero-order valence-electron chi connectivity index (χ0n) is 13.8. The zero-order chi connectivity index (χ0) is 21.7. The van der Waals surface area contributed by atoms with Crippen LogP contribution >= 0.6 is 0 Å². The molecule has 0 N–H and O–H groups in total. The van der Waals surface area contributed by atoms with Crippen LogP contribution in [-0.2, 0) is 0 Å². The predicted molar refractivity (Wildman–Crippen MR) is 69.6 cm³/mol.